The largest absolute Gasteiger partial charge is 0.497 e. The van der Waals surface area contributed by atoms with Crippen LogP contribution in [-0.4, -0.2) is 37.2 Å². The lowest BCUT2D eigenvalue weighted by Crippen LogP contribution is -2.44. The van der Waals surface area contributed by atoms with Crippen molar-refractivity contribution in [2.24, 2.45) is 5.92 Å². The van der Waals surface area contributed by atoms with Gasteiger partial charge in [0.2, 0.25) is 0 Å². The van der Waals surface area contributed by atoms with Crippen molar-refractivity contribution in [2.45, 2.75) is 19.9 Å². The third-order valence-corrected chi connectivity index (χ3v) is 2.87. The standard InChI is InChI=1S/C14H19NO5/c1-8(2)12(14(17)18)15-13(16)10-6-5-9(19-3)7-11(10)20-4/h5-8,12H,1-4H3,(H,15,16)(H,17,18)/t12-/m1/s1. The predicted molar refractivity (Wildman–Crippen MR) is 73.3 cm³/mol. The molecule has 1 rings (SSSR count). The first-order valence-corrected chi connectivity index (χ1v) is 6.16. The Balaban J connectivity index is 3.00. The molecule has 6 nitrogen and oxygen atoms in total. The van der Waals surface area contributed by atoms with Crippen LogP contribution in [0.25, 0.3) is 0 Å². The molecule has 6 heteroatoms. The van der Waals surface area contributed by atoms with E-state index >= 15 is 0 Å². The Morgan fingerprint density at radius 3 is 2.30 bits per heavy atom. The summed E-state index contributed by atoms with van der Waals surface area (Å²) in [4.78, 5) is 23.2. The van der Waals surface area contributed by atoms with Crippen molar-refractivity contribution < 1.29 is 24.2 Å². The number of ether oxygens (including phenoxy) is 2. The SMILES string of the molecule is COc1ccc(C(=O)N[C@@H](C(=O)O)C(C)C)c(OC)c1. The molecule has 110 valence electrons. The molecular formula is C14H19NO5. The van der Waals surface area contributed by atoms with Crippen LogP contribution >= 0.6 is 0 Å². The molecule has 1 aromatic carbocycles. The van der Waals surface area contributed by atoms with Gasteiger partial charge in [0, 0.05) is 6.07 Å². The van der Waals surface area contributed by atoms with Crippen LogP contribution in [0.5, 0.6) is 11.5 Å². The van der Waals surface area contributed by atoms with Gasteiger partial charge in [0.1, 0.15) is 17.5 Å². The van der Waals surface area contributed by atoms with Crippen LogP contribution in [0.2, 0.25) is 0 Å². The van der Waals surface area contributed by atoms with Gasteiger partial charge in [0.05, 0.1) is 19.8 Å². The zero-order valence-electron chi connectivity index (χ0n) is 12.0. The van der Waals surface area contributed by atoms with E-state index in [9.17, 15) is 9.59 Å². The second kappa shape index (κ2) is 6.79. The van der Waals surface area contributed by atoms with Gasteiger partial charge in [0.25, 0.3) is 5.91 Å². The highest BCUT2D eigenvalue weighted by Gasteiger charge is 2.25. The third kappa shape index (κ3) is 3.63. The molecule has 0 saturated heterocycles. The molecule has 1 atom stereocenters. The Hall–Kier alpha value is -2.24. The summed E-state index contributed by atoms with van der Waals surface area (Å²) >= 11 is 0. The van der Waals surface area contributed by atoms with E-state index in [4.69, 9.17) is 14.6 Å². The van der Waals surface area contributed by atoms with Crippen LogP contribution < -0.4 is 14.8 Å². The van der Waals surface area contributed by atoms with Crippen molar-refractivity contribution in [1.29, 1.82) is 0 Å². The molecule has 1 amide bonds. The summed E-state index contributed by atoms with van der Waals surface area (Å²) in [5.41, 5.74) is 0.264. The monoisotopic (exact) mass is 281 g/mol. The molecule has 20 heavy (non-hydrogen) atoms. The number of aliphatic carboxylic acids is 1. The van der Waals surface area contributed by atoms with Crippen molar-refractivity contribution in [1.82, 2.24) is 5.32 Å². The zero-order valence-corrected chi connectivity index (χ0v) is 12.0. The minimum absolute atomic E-state index is 0.222. The fourth-order valence-corrected chi connectivity index (χ4v) is 1.72. The number of rotatable bonds is 6. The maximum absolute atomic E-state index is 12.1. The number of carbonyl (C=O) groups excluding carboxylic acids is 1. The van der Waals surface area contributed by atoms with E-state index < -0.39 is 17.9 Å². The average molecular weight is 281 g/mol. The molecule has 0 bridgehead atoms. The Labute approximate surface area is 117 Å². The summed E-state index contributed by atoms with van der Waals surface area (Å²) in [5, 5.41) is 11.6. The Morgan fingerprint density at radius 2 is 1.85 bits per heavy atom. The zero-order chi connectivity index (χ0) is 15.3. The molecule has 0 unspecified atom stereocenters. The van der Waals surface area contributed by atoms with E-state index in [-0.39, 0.29) is 11.5 Å². The minimum Gasteiger partial charge on any atom is -0.497 e. The highest BCUT2D eigenvalue weighted by atomic mass is 16.5. The van der Waals surface area contributed by atoms with Crippen LogP contribution in [0.4, 0.5) is 0 Å². The first-order chi connectivity index (χ1) is 9.40. The van der Waals surface area contributed by atoms with E-state index in [0.29, 0.717) is 11.5 Å². The molecule has 0 aliphatic carbocycles. The van der Waals surface area contributed by atoms with E-state index in [1.807, 2.05) is 0 Å². The number of benzene rings is 1. The normalized spacial score (nSPS) is 11.8. The Bertz CT molecular complexity index is 498. The lowest BCUT2D eigenvalue weighted by molar-refractivity contribution is -0.140. The molecule has 0 saturated carbocycles. The lowest BCUT2D eigenvalue weighted by Gasteiger charge is -2.18. The van der Waals surface area contributed by atoms with Crippen molar-refractivity contribution in [3.8, 4) is 11.5 Å². The number of nitrogens with one attached hydrogen (secondary N) is 1. The Kier molecular flexibility index (Phi) is 5.37. The Morgan fingerprint density at radius 1 is 1.20 bits per heavy atom. The van der Waals surface area contributed by atoms with Gasteiger partial charge < -0.3 is 19.9 Å². The topological polar surface area (TPSA) is 84.9 Å². The molecule has 0 aliphatic heterocycles. The first-order valence-electron chi connectivity index (χ1n) is 6.16. The summed E-state index contributed by atoms with van der Waals surface area (Å²) in [6.07, 6.45) is 0. The maximum atomic E-state index is 12.1. The van der Waals surface area contributed by atoms with E-state index in [1.54, 1.807) is 26.0 Å². The quantitative estimate of drug-likeness (QED) is 0.826. The number of methoxy groups -OCH3 is 2. The molecular weight excluding hydrogens is 262 g/mol. The predicted octanol–water partition coefficient (Wildman–Crippen LogP) is 1.54. The third-order valence-electron chi connectivity index (χ3n) is 2.87. The van der Waals surface area contributed by atoms with Crippen molar-refractivity contribution in [3.05, 3.63) is 23.8 Å². The number of amides is 1. The van der Waals surface area contributed by atoms with Crippen molar-refractivity contribution in [3.63, 3.8) is 0 Å². The smallest absolute Gasteiger partial charge is 0.326 e. The first kappa shape index (κ1) is 15.8. The molecule has 0 aliphatic rings. The van der Waals surface area contributed by atoms with E-state index in [0.717, 1.165) is 0 Å². The maximum Gasteiger partial charge on any atom is 0.326 e. The molecule has 0 spiro atoms. The molecule has 0 radical (unpaired) electrons. The summed E-state index contributed by atoms with van der Waals surface area (Å²) < 4.78 is 10.2. The van der Waals surface area contributed by atoms with Crippen LogP contribution in [0.15, 0.2) is 18.2 Å². The van der Waals surface area contributed by atoms with Crippen LogP contribution in [0, 0.1) is 5.92 Å². The van der Waals surface area contributed by atoms with Crippen molar-refractivity contribution >= 4 is 11.9 Å². The highest BCUT2D eigenvalue weighted by Crippen LogP contribution is 2.24. The molecule has 0 heterocycles. The van der Waals surface area contributed by atoms with Gasteiger partial charge in [0.15, 0.2) is 0 Å². The summed E-state index contributed by atoms with van der Waals surface area (Å²) in [6, 6.07) is 3.77. The number of carboxylic acids is 1. The second-order valence-electron chi connectivity index (χ2n) is 4.60. The summed E-state index contributed by atoms with van der Waals surface area (Å²) in [7, 11) is 2.94. The van der Waals surface area contributed by atoms with Gasteiger partial charge in [-0.1, -0.05) is 13.8 Å². The summed E-state index contributed by atoms with van der Waals surface area (Å²) in [5.74, 6) is -0.904. The summed E-state index contributed by atoms with van der Waals surface area (Å²) in [6.45, 7) is 3.45. The van der Waals surface area contributed by atoms with Crippen LogP contribution in [-0.2, 0) is 4.79 Å². The van der Waals surface area contributed by atoms with Gasteiger partial charge in [-0.2, -0.15) is 0 Å². The van der Waals surface area contributed by atoms with E-state index in [2.05, 4.69) is 5.32 Å². The molecule has 1 aromatic rings. The number of carbonyl (C=O) groups is 2. The van der Waals surface area contributed by atoms with Gasteiger partial charge >= 0.3 is 5.97 Å². The van der Waals surface area contributed by atoms with Crippen LogP contribution in [0.1, 0.15) is 24.2 Å². The fraction of sp³-hybridized carbons (Fsp3) is 0.429. The number of hydrogen-bond donors (Lipinski definition) is 2. The average Bonchev–Trinajstić information content (AvgIpc) is 2.42. The van der Waals surface area contributed by atoms with Crippen LogP contribution in [0.3, 0.4) is 0 Å². The van der Waals surface area contributed by atoms with Gasteiger partial charge in [-0.15, -0.1) is 0 Å². The molecule has 0 aromatic heterocycles. The van der Waals surface area contributed by atoms with Crippen molar-refractivity contribution in [2.75, 3.05) is 14.2 Å². The highest BCUT2D eigenvalue weighted by molar-refractivity contribution is 5.99. The van der Waals surface area contributed by atoms with Gasteiger partial charge in [-0.3, -0.25) is 4.79 Å². The minimum atomic E-state index is -1.07. The van der Waals surface area contributed by atoms with E-state index in [1.165, 1.54) is 20.3 Å². The molecule has 2 N–H and O–H groups in total. The second-order valence-corrected chi connectivity index (χ2v) is 4.60. The van der Waals surface area contributed by atoms with Gasteiger partial charge in [-0.25, -0.2) is 4.79 Å². The lowest BCUT2D eigenvalue weighted by atomic mass is 10.0. The number of hydrogen-bond acceptors (Lipinski definition) is 4. The molecule has 0 fully saturated rings. The number of carboxylic acid groups (broad SMARTS) is 1. The fourth-order valence-electron chi connectivity index (χ4n) is 1.72. The van der Waals surface area contributed by atoms with Gasteiger partial charge in [-0.05, 0) is 18.1 Å².